The van der Waals surface area contributed by atoms with E-state index in [0.717, 1.165) is 6.07 Å². The highest BCUT2D eigenvalue weighted by Gasteiger charge is 2.21. The number of aromatic nitrogens is 1. The summed E-state index contributed by atoms with van der Waals surface area (Å²) in [5.74, 6) is -0.00799. The van der Waals surface area contributed by atoms with E-state index in [-0.39, 0.29) is 21.2 Å². The zero-order chi connectivity index (χ0) is 18.9. The number of hydrogen-bond donors (Lipinski definition) is 1. The highest BCUT2D eigenvalue weighted by atomic mass is 35.5. The molecule has 0 atom stereocenters. The number of nitrogens with zero attached hydrogens (tertiary/aromatic N) is 1. The van der Waals surface area contributed by atoms with Crippen molar-refractivity contribution in [2.45, 2.75) is 18.7 Å². The molecule has 2 aromatic carbocycles. The van der Waals surface area contributed by atoms with Gasteiger partial charge in [0.05, 0.1) is 22.2 Å². The van der Waals surface area contributed by atoms with E-state index in [2.05, 4.69) is 9.71 Å². The van der Waals surface area contributed by atoms with Crippen molar-refractivity contribution in [1.82, 2.24) is 4.98 Å². The quantitative estimate of drug-likeness (QED) is 0.690. The minimum atomic E-state index is -3.98. The van der Waals surface area contributed by atoms with Gasteiger partial charge in [0.1, 0.15) is 17.1 Å². The van der Waals surface area contributed by atoms with E-state index in [1.165, 1.54) is 19.1 Å². The standard InChI is InChI=1S/C18H16ClFN2O3S/c1-3-25-16-6-7-17(12-5-4-8-21-18(12)16)26(23,24)22-15-9-11(2)14(20)10-13(15)19/h4-10,22H,3H2,1-2H3. The van der Waals surface area contributed by atoms with Gasteiger partial charge in [-0.3, -0.25) is 9.71 Å². The van der Waals surface area contributed by atoms with Crippen molar-refractivity contribution in [2.24, 2.45) is 0 Å². The predicted molar refractivity (Wildman–Crippen MR) is 99.9 cm³/mol. The normalized spacial score (nSPS) is 11.5. The Morgan fingerprint density at radius 2 is 2.04 bits per heavy atom. The first-order chi connectivity index (χ1) is 12.3. The lowest BCUT2D eigenvalue weighted by molar-refractivity contribution is 0.343. The molecule has 0 aliphatic carbocycles. The van der Waals surface area contributed by atoms with E-state index in [0.29, 0.717) is 23.3 Å². The fourth-order valence-electron chi connectivity index (χ4n) is 2.56. The fraction of sp³-hybridized carbons (Fsp3) is 0.167. The lowest BCUT2D eigenvalue weighted by Gasteiger charge is -2.14. The Labute approximate surface area is 155 Å². The predicted octanol–water partition coefficient (Wildman–Crippen LogP) is 4.54. The van der Waals surface area contributed by atoms with Gasteiger partial charge in [0, 0.05) is 11.6 Å². The molecule has 136 valence electrons. The van der Waals surface area contributed by atoms with Crippen LogP contribution in [0.1, 0.15) is 12.5 Å². The molecule has 0 unspecified atom stereocenters. The number of halogens is 2. The molecule has 0 fully saturated rings. The summed E-state index contributed by atoms with van der Waals surface area (Å²) >= 11 is 5.98. The van der Waals surface area contributed by atoms with Gasteiger partial charge in [0.25, 0.3) is 10.0 Å². The number of hydrogen-bond acceptors (Lipinski definition) is 4. The van der Waals surface area contributed by atoms with Gasteiger partial charge in [-0.15, -0.1) is 0 Å². The SMILES string of the molecule is CCOc1ccc(S(=O)(=O)Nc2cc(C)c(F)cc2Cl)c2cccnc12. The summed E-state index contributed by atoms with van der Waals surface area (Å²) in [6.45, 7) is 3.79. The van der Waals surface area contributed by atoms with E-state index < -0.39 is 15.8 Å². The van der Waals surface area contributed by atoms with Crippen LogP contribution in [0.2, 0.25) is 5.02 Å². The van der Waals surface area contributed by atoms with E-state index in [1.807, 2.05) is 6.92 Å². The van der Waals surface area contributed by atoms with E-state index in [4.69, 9.17) is 16.3 Å². The maximum atomic E-state index is 13.6. The maximum absolute atomic E-state index is 13.6. The van der Waals surface area contributed by atoms with Gasteiger partial charge in [0.15, 0.2) is 0 Å². The highest BCUT2D eigenvalue weighted by Crippen LogP contribution is 2.32. The lowest BCUT2D eigenvalue weighted by Crippen LogP contribution is -2.14. The number of anilines is 1. The third kappa shape index (κ3) is 3.45. The van der Waals surface area contributed by atoms with Crippen LogP contribution in [-0.2, 0) is 10.0 Å². The van der Waals surface area contributed by atoms with Crippen molar-refractivity contribution in [3.8, 4) is 5.75 Å². The summed E-state index contributed by atoms with van der Waals surface area (Å²) in [6, 6.07) is 8.73. The van der Waals surface area contributed by atoms with Crippen LogP contribution in [0, 0.1) is 12.7 Å². The van der Waals surface area contributed by atoms with Crippen molar-refractivity contribution in [2.75, 3.05) is 11.3 Å². The minimum absolute atomic E-state index is 0.0231. The van der Waals surface area contributed by atoms with Crippen molar-refractivity contribution in [3.05, 3.63) is 59.0 Å². The van der Waals surface area contributed by atoms with Crippen molar-refractivity contribution >= 4 is 38.2 Å². The Bertz CT molecular complexity index is 1090. The topological polar surface area (TPSA) is 68.3 Å². The largest absolute Gasteiger partial charge is 0.492 e. The number of pyridine rings is 1. The molecule has 26 heavy (non-hydrogen) atoms. The van der Waals surface area contributed by atoms with Gasteiger partial charge in [0.2, 0.25) is 0 Å². The number of fused-ring (bicyclic) bond motifs is 1. The van der Waals surface area contributed by atoms with Crippen LogP contribution >= 0.6 is 11.6 Å². The molecule has 0 aliphatic heterocycles. The molecule has 3 rings (SSSR count). The Kier molecular flexibility index (Phi) is 5.02. The van der Waals surface area contributed by atoms with Crippen molar-refractivity contribution in [3.63, 3.8) is 0 Å². The average Bonchev–Trinajstić information content (AvgIpc) is 2.60. The summed E-state index contributed by atoms with van der Waals surface area (Å²) in [4.78, 5) is 4.26. The minimum Gasteiger partial charge on any atom is -0.492 e. The second-order valence-electron chi connectivity index (χ2n) is 5.58. The number of rotatable bonds is 5. The summed E-state index contributed by atoms with van der Waals surface area (Å²) < 4.78 is 47.3. The Balaban J connectivity index is 2.11. The first kappa shape index (κ1) is 18.4. The molecule has 0 aliphatic rings. The zero-order valence-electron chi connectivity index (χ0n) is 14.1. The number of aryl methyl sites for hydroxylation is 1. The van der Waals surface area contributed by atoms with Gasteiger partial charge in [-0.25, -0.2) is 12.8 Å². The van der Waals surface area contributed by atoms with Crippen LogP contribution in [-0.4, -0.2) is 20.0 Å². The Morgan fingerprint density at radius 1 is 1.27 bits per heavy atom. The molecular weight excluding hydrogens is 379 g/mol. The molecule has 5 nitrogen and oxygen atoms in total. The van der Waals surface area contributed by atoms with Gasteiger partial charge >= 0.3 is 0 Å². The van der Waals surface area contributed by atoms with Crippen LogP contribution in [0.15, 0.2) is 47.5 Å². The highest BCUT2D eigenvalue weighted by molar-refractivity contribution is 7.93. The number of sulfonamides is 1. The second-order valence-corrected chi connectivity index (χ2v) is 7.64. The molecule has 8 heteroatoms. The van der Waals surface area contributed by atoms with Gasteiger partial charge in [-0.05, 0) is 55.8 Å². The van der Waals surface area contributed by atoms with Crippen molar-refractivity contribution < 1.29 is 17.5 Å². The smallest absolute Gasteiger partial charge is 0.262 e. The molecule has 0 spiro atoms. The van der Waals surface area contributed by atoms with Crippen LogP contribution < -0.4 is 9.46 Å². The average molecular weight is 395 g/mol. The summed E-state index contributed by atoms with van der Waals surface area (Å²) in [5.41, 5.74) is 0.834. The Morgan fingerprint density at radius 3 is 2.77 bits per heavy atom. The molecule has 0 radical (unpaired) electrons. The molecule has 3 aromatic rings. The van der Waals surface area contributed by atoms with Gasteiger partial charge in [-0.1, -0.05) is 11.6 Å². The molecule has 1 heterocycles. The molecule has 0 saturated carbocycles. The fourth-order valence-corrected chi connectivity index (χ4v) is 4.09. The first-order valence-electron chi connectivity index (χ1n) is 7.82. The first-order valence-corrected chi connectivity index (χ1v) is 9.68. The zero-order valence-corrected chi connectivity index (χ0v) is 15.7. The number of ether oxygens (including phenoxy) is 1. The maximum Gasteiger partial charge on any atom is 0.262 e. The van der Waals surface area contributed by atoms with E-state index in [9.17, 15) is 12.8 Å². The van der Waals surface area contributed by atoms with E-state index in [1.54, 1.807) is 24.4 Å². The second kappa shape index (κ2) is 7.09. The Hall–Kier alpha value is -2.38. The van der Waals surface area contributed by atoms with Crippen molar-refractivity contribution in [1.29, 1.82) is 0 Å². The van der Waals surface area contributed by atoms with E-state index >= 15 is 0 Å². The third-order valence-corrected chi connectivity index (χ3v) is 5.51. The number of nitrogens with one attached hydrogen (secondary N) is 1. The third-order valence-electron chi connectivity index (χ3n) is 3.77. The van der Waals surface area contributed by atoms with Crippen LogP contribution in [0.5, 0.6) is 5.75 Å². The summed E-state index contributed by atoms with van der Waals surface area (Å²) in [6.07, 6.45) is 1.56. The molecule has 0 bridgehead atoms. The number of benzene rings is 2. The summed E-state index contributed by atoms with van der Waals surface area (Å²) in [5, 5.41) is 0.394. The molecule has 0 saturated heterocycles. The monoisotopic (exact) mass is 394 g/mol. The van der Waals surface area contributed by atoms with Crippen LogP contribution in [0.3, 0.4) is 0 Å². The molecule has 1 aromatic heterocycles. The molecule has 0 amide bonds. The van der Waals surface area contributed by atoms with Crippen LogP contribution in [0.25, 0.3) is 10.9 Å². The van der Waals surface area contributed by atoms with Crippen LogP contribution in [0.4, 0.5) is 10.1 Å². The van der Waals surface area contributed by atoms with Gasteiger partial charge < -0.3 is 4.74 Å². The molecular formula is C18H16ClFN2O3S. The summed E-state index contributed by atoms with van der Waals surface area (Å²) in [7, 11) is -3.98. The molecule has 1 N–H and O–H groups in total. The van der Waals surface area contributed by atoms with Gasteiger partial charge in [-0.2, -0.15) is 0 Å². The lowest BCUT2D eigenvalue weighted by atomic mass is 10.2.